The van der Waals surface area contributed by atoms with Gasteiger partial charge in [-0.25, -0.2) is 0 Å². The Hall–Kier alpha value is -2.97. The van der Waals surface area contributed by atoms with Crippen molar-refractivity contribution in [1.82, 2.24) is 10.6 Å². The van der Waals surface area contributed by atoms with E-state index in [1.54, 1.807) is 24.9 Å². The Morgan fingerprint density at radius 1 is 1.15 bits per heavy atom. The molecule has 1 aliphatic carbocycles. The van der Waals surface area contributed by atoms with E-state index in [0.717, 1.165) is 36.1 Å². The van der Waals surface area contributed by atoms with Crippen LogP contribution in [0.2, 0.25) is 0 Å². The average Bonchev–Trinajstić information content (AvgIpc) is 3.40. The minimum absolute atomic E-state index is 0.0692. The van der Waals surface area contributed by atoms with Crippen LogP contribution >= 0.6 is 11.8 Å². The normalized spacial score (nSPS) is 23.6. The molecule has 2 aromatic rings. The number of carbonyl (C=O) groups is 2. The number of carbonyl (C=O) groups excluding carboxylic acids is 2. The van der Waals surface area contributed by atoms with Gasteiger partial charge in [-0.05, 0) is 66.5 Å². The van der Waals surface area contributed by atoms with Crippen LogP contribution in [-0.4, -0.2) is 30.9 Å². The molecule has 3 aliphatic rings. The van der Waals surface area contributed by atoms with Crippen molar-refractivity contribution in [3.05, 3.63) is 64.1 Å². The molecule has 2 heterocycles. The fourth-order valence-electron chi connectivity index (χ4n) is 4.61. The third-order valence-corrected chi connectivity index (χ3v) is 7.68. The van der Waals surface area contributed by atoms with Crippen LogP contribution < -0.4 is 25.4 Å². The van der Waals surface area contributed by atoms with Gasteiger partial charge in [0.25, 0.3) is 5.91 Å². The van der Waals surface area contributed by atoms with Gasteiger partial charge in [0.05, 0.1) is 18.4 Å². The maximum atomic E-state index is 12.9. The van der Waals surface area contributed by atoms with Crippen LogP contribution in [0, 0.1) is 12.8 Å². The second kappa shape index (κ2) is 9.11. The van der Waals surface area contributed by atoms with E-state index in [4.69, 9.17) is 9.47 Å². The van der Waals surface area contributed by atoms with Gasteiger partial charge >= 0.3 is 0 Å². The van der Waals surface area contributed by atoms with E-state index in [2.05, 4.69) is 16.0 Å². The van der Waals surface area contributed by atoms with E-state index in [0.29, 0.717) is 11.5 Å². The van der Waals surface area contributed by atoms with Crippen LogP contribution in [0.4, 0.5) is 5.69 Å². The van der Waals surface area contributed by atoms with Crippen molar-refractivity contribution >= 4 is 29.3 Å². The van der Waals surface area contributed by atoms with Gasteiger partial charge in [0.15, 0.2) is 18.1 Å². The highest BCUT2D eigenvalue weighted by molar-refractivity contribution is 8.04. The molecule has 2 aromatic carbocycles. The second-order valence-corrected chi connectivity index (χ2v) is 9.78. The predicted octanol–water partition coefficient (Wildman–Crippen LogP) is 3.87. The minimum atomic E-state index is -0.306. The molecular weight excluding hydrogens is 438 g/mol. The van der Waals surface area contributed by atoms with Crippen molar-refractivity contribution in [2.75, 3.05) is 19.0 Å². The number of aryl methyl sites for hydroxylation is 1. The topological polar surface area (TPSA) is 88.7 Å². The molecule has 0 bridgehead atoms. The lowest BCUT2D eigenvalue weighted by molar-refractivity contribution is -0.127. The number of fused-ring (bicyclic) bond motifs is 2. The molecule has 0 spiro atoms. The van der Waals surface area contributed by atoms with Crippen molar-refractivity contribution in [2.24, 2.45) is 5.92 Å². The van der Waals surface area contributed by atoms with E-state index in [9.17, 15) is 9.59 Å². The molecule has 0 radical (unpaired) electrons. The monoisotopic (exact) mass is 465 g/mol. The van der Waals surface area contributed by atoms with Gasteiger partial charge in [0.2, 0.25) is 5.91 Å². The predicted molar refractivity (Wildman–Crippen MR) is 128 cm³/mol. The molecule has 3 unspecified atom stereocenters. The highest BCUT2D eigenvalue weighted by Crippen LogP contribution is 2.51. The van der Waals surface area contributed by atoms with Crippen molar-refractivity contribution in [1.29, 1.82) is 0 Å². The SMILES string of the molecule is COc1cc(C2NC(=O)C3C4=C(CCC4)SC3N2)ccc1OCC(=O)Nc1ccc(C)cc1. The number of hydrogen-bond acceptors (Lipinski definition) is 6. The van der Waals surface area contributed by atoms with Crippen LogP contribution in [0.5, 0.6) is 11.5 Å². The van der Waals surface area contributed by atoms with E-state index in [1.165, 1.54) is 10.5 Å². The molecule has 7 nitrogen and oxygen atoms in total. The quantitative estimate of drug-likeness (QED) is 0.600. The van der Waals surface area contributed by atoms with E-state index in [1.807, 2.05) is 43.3 Å². The first-order valence-electron chi connectivity index (χ1n) is 11.1. The van der Waals surface area contributed by atoms with Crippen LogP contribution in [0.15, 0.2) is 52.9 Å². The summed E-state index contributed by atoms with van der Waals surface area (Å²) in [5.74, 6) is 0.733. The van der Waals surface area contributed by atoms with E-state index >= 15 is 0 Å². The molecule has 0 aromatic heterocycles. The maximum Gasteiger partial charge on any atom is 0.262 e. The first-order chi connectivity index (χ1) is 16.0. The lowest BCUT2D eigenvalue weighted by Gasteiger charge is -2.35. The number of ether oxygens (including phenoxy) is 2. The average molecular weight is 466 g/mol. The molecule has 3 atom stereocenters. The molecule has 0 saturated carbocycles. The maximum absolute atomic E-state index is 12.9. The summed E-state index contributed by atoms with van der Waals surface area (Å²) in [6.07, 6.45) is 2.96. The van der Waals surface area contributed by atoms with Gasteiger partial charge in [-0.3, -0.25) is 14.9 Å². The summed E-state index contributed by atoms with van der Waals surface area (Å²) in [7, 11) is 1.56. The van der Waals surface area contributed by atoms with Crippen molar-refractivity contribution in [3.63, 3.8) is 0 Å². The van der Waals surface area contributed by atoms with Crippen LogP contribution in [-0.2, 0) is 9.59 Å². The molecular formula is C25H27N3O4S. The molecule has 1 fully saturated rings. The van der Waals surface area contributed by atoms with Gasteiger partial charge < -0.3 is 20.1 Å². The molecule has 1 saturated heterocycles. The van der Waals surface area contributed by atoms with Gasteiger partial charge in [-0.15, -0.1) is 11.8 Å². The summed E-state index contributed by atoms with van der Waals surface area (Å²) in [4.78, 5) is 26.5. The number of methoxy groups -OCH3 is 1. The lowest BCUT2D eigenvalue weighted by atomic mass is 9.94. The van der Waals surface area contributed by atoms with Gasteiger partial charge in [0, 0.05) is 5.69 Å². The Labute approximate surface area is 197 Å². The number of anilines is 1. The standard InChI is InChI=1S/C25H27N3O4S/c1-14-6-9-16(10-7-14)26-21(29)13-32-18-11-8-15(12-19(18)31-2)23-27-24(30)22-17-4-3-5-20(17)33-25(22)28-23/h6-12,22-23,25,28H,3-5,13H2,1-2H3,(H,26,29)(H,27,30). The number of rotatable bonds is 6. The zero-order chi connectivity index (χ0) is 22.9. The first-order valence-corrected chi connectivity index (χ1v) is 12.0. The number of amides is 2. The Bertz CT molecular complexity index is 1120. The van der Waals surface area contributed by atoms with Crippen LogP contribution in [0.25, 0.3) is 0 Å². The fourth-order valence-corrected chi connectivity index (χ4v) is 6.19. The summed E-state index contributed by atoms with van der Waals surface area (Å²) in [6.45, 7) is 1.85. The minimum Gasteiger partial charge on any atom is -0.493 e. The lowest BCUT2D eigenvalue weighted by Crippen LogP contribution is -2.54. The number of benzene rings is 2. The summed E-state index contributed by atoms with van der Waals surface area (Å²) in [5, 5.41) is 9.57. The summed E-state index contributed by atoms with van der Waals surface area (Å²) in [6, 6.07) is 13.1. The highest BCUT2D eigenvalue weighted by Gasteiger charge is 2.46. The Kier molecular flexibility index (Phi) is 6.03. The third-order valence-electron chi connectivity index (χ3n) is 6.27. The smallest absolute Gasteiger partial charge is 0.262 e. The van der Waals surface area contributed by atoms with E-state index in [-0.39, 0.29) is 35.9 Å². The fraction of sp³-hybridized carbons (Fsp3) is 0.360. The Morgan fingerprint density at radius 3 is 2.76 bits per heavy atom. The van der Waals surface area contributed by atoms with Gasteiger partial charge in [0.1, 0.15) is 6.17 Å². The second-order valence-electron chi connectivity index (χ2n) is 8.54. The molecule has 33 heavy (non-hydrogen) atoms. The summed E-state index contributed by atoms with van der Waals surface area (Å²) < 4.78 is 11.2. The van der Waals surface area contributed by atoms with Gasteiger partial charge in [-0.2, -0.15) is 0 Å². The van der Waals surface area contributed by atoms with E-state index < -0.39 is 0 Å². The highest BCUT2D eigenvalue weighted by atomic mass is 32.2. The molecule has 5 rings (SSSR count). The zero-order valence-electron chi connectivity index (χ0n) is 18.6. The molecule has 2 amide bonds. The third kappa shape index (κ3) is 4.45. The van der Waals surface area contributed by atoms with Crippen molar-refractivity contribution in [2.45, 2.75) is 37.7 Å². The van der Waals surface area contributed by atoms with Crippen molar-refractivity contribution in [3.8, 4) is 11.5 Å². The molecule has 3 N–H and O–H groups in total. The summed E-state index contributed by atoms with van der Waals surface area (Å²) in [5.41, 5.74) is 4.04. The van der Waals surface area contributed by atoms with Crippen LogP contribution in [0.1, 0.15) is 36.6 Å². The first kappa shape index (κ1) is 21.9. The molecule has 2 aliphatic heterocycles. The van der Waals surface area contributed by atoms with Gasteiger partial charge in [-0.1, -0.05) is 23.8 Å². The number of allylic oxidation sites excluding steroid dienone is 1. The molecule has 8 heteroatoms. The van der Waals surface area contributed by atoms with Crippen LogP contribution in [0.3, 0.4) is 0 Å². The number of thioether (sulfide) groups is 1. The number of nitrogens with one attached hydrogen (secondary N) is 3. The molecule has 172 valence electrons. The number of hydrogen-bond donors (Lipinski definition) is 3. The van der Waals surface area contributed by atoms with Crippen molar-refractivity contribution < 1.29 is 19.1 Å². The summed E-state index contributed by atoms with van der Waals surface area (Å²) >= 11 is 1.80. The zero-order valence-corrected chi connectivity index (χ0v) is 19.5. The Morgan fingerprint density at radius 2 is 1.97 bits per heavy atom. The largest absolute Gasteiger partial charge is 0.493 e. The Balaban J connectivity index is 1.23.